The Morgan fingerprint density at radius 2 is 2.15 bits per heavy atom. The minimum Gasteiger partial charge on any atom is -0.373 e. The van der Waals surface area contributed by atoms with Gasteiger partial charge < -0.3 is 10.6 Å². The zero-order valence-electron chi connectivity index (χ0n) is 10.7. The minimum atomic E-state index is -4.55. The predicted octanol–water partition coefficient (Wildman–Crippen LogP) is 3.46. The van der Waals surface area contributed by atoms with Gasteiger partial charge in [0.1, 0.15) is 6.04 Å². The second kappa shape index (κ2) is 6.65. The number of rotatable bonds is 5. The predicted molar refractivity (Wildman–Crippen MR) is 72.7 cm³/mol. The average molecular weight is 307 g/mol. The van der Waals surface area contributed by atoms with Crippen LogP contribution in [0.5, 0.6) is 0 Å². The van der Waals surface area contributed by atoms with Gasteiger partial charge in [0.15, 0.2) is 0 Å². The zero-order valence-corrected chi connectivity index (χ0v) is 11.5. The monoisotopic (exact) mass is 306 g/mol. The van der Waals surface area contributed by atoms with Gasteiger partial charge in [0.2, 0.25) is 5.91 Å². The summed E-state index contributed by atoms with van der Waals surface area (Å²) in [6.07, 6.45) is -3.07. The maximum Gasteiger partial charge on any atom is 0.418 e. The van der Waals surface area contributed by atoms with E-state index in [2.05, 4.69) is 17.2 Å². The van der Waals surface area contributed by atoms with Crippen LogP contribution in [0.25, 0.3) is 0 Å². The lowest BCUT2D eigenvalue weighted by Crippen LogP contribution is -2.38. The molecule has 0 aliphatic carbocycles. The number of hydrogen-bond donors (Lipinski definition) is 2. The molecule has 0 radical (unpaired) electrons. The molecule has 110 valence electrons. The molecule has 0 aliphatic heterocycles. The van der Waals surface area contributed by atoms with E-state index < -0.39 is 23.7 Å². The lowest BCUT2D eigenvalue weighted by Gasteiger charge is -2.19. The van der Waals surface area contributed by atoms with Gasteiger partial charge >= 0.3 is 6.18 Å². The van der Waals surface area contributed by atoms with E-state index in [9.17, 15) is 18.0 Å². The van der Waals surface area contributed by atoms with E-state index in [0.29, 0.717) is 0 Å². The summed E-state index contributed by atoms with van der Waals surface area (Å²) in [4.78, 5) is 11.6. The molecule has 0 fully saturated rings. The summed E-state index contributed by atoms with van der Waals surface area (Å²) in [6, 6.07) is 2.52. The Hall–Kier alpha value is -1.69. The van der Waals surface area contributed by atoms with Crippen molar-refractivity contribution in [3.63, 3.8) is 0 Å². The fraction of sp³-hybridized carbons (Fsp3) is 0.308. The molecule has 0 spiro atoms. The highest BCUT2D eigenvalue weighted by molar-refractivity contribution is 6.30. The molecular formula is C13H14ClF3N2O. The first kappa shape index (κ1) is 16.4. The lowest BCUT2D eigenvalue weighted by molar-refractivity contribution is -0.137. The van der Waals surface area contributed by atoms with Crippen molar-refractivity contribution >= 4 is 23.2 Å². The van der Waals surface area contributed by atoms with E-state index in [1.165, 1.54) is 25.1 Å². The second-order valence-electron chi connectivity index (χ2n) is 4.09. The summed E-state index contributed by atoms with van der Waals surface area (Å²) >= 11 is 5.57. The van der Waals surface area contributed by atoms with Gasteiger partial charge in [-0.15, -0.1) is 6.58 Å². The highest BCUT2D eigenvalue weighted by Gasteiger charge is 2.34. The Labute approximate surface area is 119 Å². The molecule has 1 atom stereocenters. The number of benzene rings is 1. The summed E-state index contributed by atoms with van der Waals surface area (Å²) in [7, 11) is 0. The highest BCUT2D eigenvalue weighted by Crippen LogP contribution is 2.36. The Morgan fingerprint density at radius 1 is 1.50 bits per heavy atom. The first-order valence-electron chi connectivity index (χ1n) is 5.77. The van der Waals surface area contributed by atoms with Crippen LogP contribution in [0.1, 0.15) is 12.5 Å². The van der Waals surface area contributed by atoms with Crippen molar-refractivity contribution in [2.75, 3.05) is 11.9 Å². The number of carbonyl (C=O) groups is 1. The number of halogens is 4. The smallest absolute Gasteiger partial charge is 0.373 e. The van der Waals surface area contributed by atoms with Crippen molar-refractivity contribution in [1.82, 2.24) is 5.32 Å². The van der Waals surface area contributed by atoms with Crippen LogP contribution >= 0.6 is 11.6 Å². The van der Waals surface area contributed by atoms with Gasteiger partial charge in [-0.1, -0.05) is 17.7 Å². The van der Waals surface area contributed by atoms with E-state index in [1.54, 1.807) is 0 Å². The van der Waals surface area contributed by atoms with Crippen LogP contribution in [-0.2, 0) is 11.0 Å². The SMILES string of the molecule is C=CCNC(=O)C(C)Nc1ccc(Cl)cc1C(F)(F)F. The fourth-order valence-electron chi connectivity index (χ4n) is 1.50. The normalized spacial score (nSPS) is 12.7. The standard InChI is InChI=1S/C13H14ClF3N2O/c1-3-6-18-12(20)8(2)19-11-5-4-9(14)7-10(11)13(15,16)17/h3-5,7-8,19H,1,6H2,2H3,(H,18,20). The van der Waals surface area contributed by atoms with Gasteiger partial charge in [0.25, 0.3) is 0 Å². The molecule has 7 heteroatoms. The van der Waals surface area contributed by atoms with Gasteiger partial charge in [0.05, 0.1) is 5.56 Å². The Bertz CT molecular complexity index is 503. The van der Waals surface area contributed by atoms with Crippen molar-refractivity contribution in [2.45, 2.75) is 19.1 Å². The van der Waals surface area contributed by atoms with E-state index in [0.717, 1.165) is 6.07 Å². The van der Waals surface area contributed by atoms with Crippen molar-refractivity contribution < 1.29 is 18.0 Å². The fourth-order valence-corrected chi connectivity index (χ4v) is 1.67. The molecule has 1 rings (SSSR count). The highest BCUT2D eigenvalue weighted by atomic mass is 35.5. The van der Waals surface area contributed by atoms with Gasteiger partial charge in [-0.3, -0.25) is 4.79 Å². The van der Waals surface area contributed by atoms with Crippen LogP contribution < -0.4 is 10.6 Å². The van der Waals surface area contributed by atoms with Crippen LogP contribution in [0, 0.1) is 0 Å². The van der Waals surface area contributed by atoms with E-state index >= 15 is 0 Å². The van der Waals surface area contributed by atoms with Gasteiger partial charge in [-0.05, 0) is 25.1 Å². The third-order valence-corrected chi connectivity index (χ3v) is 2.71. The molecule has 0 aromatic heterocycles. The van der Waals surface area contributed by atoms with Gasteiger partial charge in [-0.2, -0.15) is 13.2 Å². The molecule has 2 N–H and O–H groups in total. The summed E-state index contributed by atoms with van der Waals surface area (Å²) < 4.78 is 38.6. The van der Waals surface area contributed by atoms with Crippen LogP contribution in [0.2, 0.25) is 5.02 Å². The molecule has 0 heterocycles. The third kappa shape index (κ3) is 4.45. The topological polar surface area (TPSA) is 41.1 Å². The first-order chi connectivity index (χ1) is 9.25. The molecule has 0 saturated heterocycles. The molecule has 1 amide bonds. The number of carbonyl (C=O) groups excluding carboxylic acids is 1. The number of amides is 1. The summed E-state index contributed by atoms with van der Waals surface area (Å²) in [5, 5.41) is 5.00. The van der Waals surface area contributed by atoms with Crippen molar-refractivity contribution in [1.29, 1.82) is 0 Å². The molecule has 1 aromatic carbocycles. The van der Waals surface area contributed by atoms with Crippen LogP contribution in [0.3, 0.4) is 0 Å². The van der Waals surface area contributed by atoms with E-state index in [4.69, 9.17) is 11.6 Å². The Balaban J connectivity index is 2.92. The number of nitrogens with one attached hydrogen (secondary N) is 2. The molecular weight excluding hydrogens is 293 g/mol. The Kier molecular flexibility index (Phi) is 5.44. The van der Waals surface area contributed by atoms with E-state index in [1.807, 2.05) is 0 Å². The molecule has 1 unspecified atom stereocenters. The van der Waals surface area contributed by atoms with Gasteiger partial charge in [-0.25, -0.2) is 0 Å². The molecule has 0 saturated carbocycles. The van der Waals surface area contributed by atoms with Crippen LogP contribution in [0.15, 0.2) is 30.9 Å². The number of alkyl halides is 3. The number of anilines is 1. The molecule has 20 heavy (non-hydrogen) atoms. The summed E-state index contributed by atoms with van der Waals surface area (Å²) in [5.41, 5.74) is -1.10. The molecule has 0 bridgehead atoms. The maximum absolute atomic E-state index is 12.9. The van der Waals surface area contributed by atoms with Crippen molar-refractivity contribution in [3.8, 4) is 0 Å². The Morgan fingerprint density at radius 3 is 2.70 bits per heavy atom. The molecule has 0 aliphatic rings. The van der Waals surface area contributed by atoms with Crippen molar-refractivity contribution in [2.24, 2.45) is 0 Å². The second-order valence-corrected chi connectivity index (χ2v) is 4.52. The maximum atomic E-state index is 12.9. The quantitative estimate of drug-likeness (QED) is 0.818. The largest absolute Gasteiger partial charge is 0.418 e. The first-order valence-corrected chi connectivity index (χ1v) is 6.15. The van der Waals surface area contributed by atoms with Crippen LogP contribution in [0.4, 0.5) is 18.9 Å². The van der Waals surface area contributed by atoms with Gasteiger partial charge in [0, 0.05) is 17.3 Å². The lowest BCUT2D eigenvalue weighted by atomic mass is 10.1. The summed E-state index contributed by atoms with van der Waals surface area (Å²) in [6.45, 7) is 5.15. The van der Waals surface area contributed by atoms with E-state index in [-0.39, 0.29) is 17.3 Å². The zero-order chi connectivity index (χ0) is 15.3. The number of hydrogen-bond acceptors (Lipinski definition) is 2. The van der Waals surface area contributed by atoms with Crippen molar-refractivity contribution in [3.05, 3.63) is 41.4 Å². The average Bonchev–Trinajstić information content (AvgIpc) is 2.36. The molecule has 1 aromatic rings. The molecule has 3 nitrogen and oxygen atoms in total. The summed E-state index contributed by atoms with van der Waals surface area (Å²) in [5.74, 6) is -0.423. The van der Waals surface area contributed by atoms with Crippen LogP contribution in [-0.4, -0.2) is 18.5 Å². The third-order valence-electron chi connectivity index (χ3n) is 2.47. The minimum absolute atomic E-state index is 0.0216.